The standard InChI is InChI=1S/C57H113N2O7P/c1-7-10-13-16-19-22-25-28-29-32-35-38-41-44-47-50-57(61)66-55(48-45-42-39-36-33-30-26-23-20-17-14-11-8-2)54(53-65-67(62,63)64-52-51-59(4,5)6)58-56(60)49-46-43-40-37-34-31-27-24-21-18-15-12-9-3/h45,48,54-55H,7-44,46-47,49-53H2,1-6H3,(H-,58,60,62,63)/b48-45+. The zero-order valence-electron chi connectivity index (χ0n) is 45.4. The molecule has 0 aliphatic rings. The largest absolute Gasteiger partial charge is 0.756 e. The van der Waals surface area contributed by atoms with E-state index < -0.39 is 20.0 Å². The molecule has 0 saturated heterocycles. The highest BCUT2D eigenvalue weighted by Crippen LogP contribution is 2.38. The number of carbonyl (C=O) groups is 2. The van der Waals surface area contributed by atoms with Crippen LogP contribution in [0.3, 0.4) is 0 Å². The summed E-state index contributed by atoms with van der Waals surface area (Å²) in [5.41, 5.74) is 0. The third kappa shape index (κ3) is 49.5. The van der Waals surface area contributed by atoms with Crippen molar-refractivity contribution in [1.82, 2.24) is 5.32 Å². The number of esters is 1. The number of amides is 1. The van der Waals surface area contributed by atoms with Gasteiger partial charge in [-0.1, -0.05) is 258 Å². The molecule has 1 N–H and O–H groups in total. The van der Waals surface area contributed by atoms with Gasteiger partial charge < -0.3 is 28.5 Å². The second kappa shape index (κ2) is 48.4. The van der Waals surface area contributed by atoms with Crippen molar-refractivity contribution in [3.05, 3.63) is 12.2 Å². The van der Waals surface area contributed by atoms with Crippen LogP contribution in [0.4, 0.5) is 0 Å². The number of likely N-dealkylation sites (N-methyl/N-ethyl adjacent to an activating group) is 1. The fourth-order valence-corrected chi connectivity index (χ4v) is 9.42. The number of quaternary nitrogens is 1. The number of phosphoric ester groups is 1. The van der Waals surface area contributed by atoms with E-state index in [9.17, 15) is 19.0 Å². The maximum Gasteiger partial charge on any atom is 0.306 e. The molecule has 10 heteroatoms. The molecule has 0 aliphatic heterocycles. The number of nitrogens with one attached hydrogen (secondary N) is 1. The van der Waals surface area contributed by atoms with Crippen LogP contribution in [-0.4, -0.2) is 69.4 Å². The Morgan fingerprint density at radius 2 is 0.851 bits per heavy atom. The summed E-state index contributed by atoms with van der Waals surface area (Å²) in [6.07, 6.45) is 53.0. The van der Waals surface area contributed by atoms with Gasteiger partial charge in [0.1, 0.15) is 19.3 Å². The summed E-state index contributed by atoms with van der Waals surface area (Å²) in [5, 5.41) is 3.03. The Morgan fingerprint density at radius 3 is 1.22 bits per heavy atom. The zero-order chi connectivity index (χ0) is 49.4. The molecule has 0 bridgehead atoms. The van der Waals surface area contributed by atoms with Crippen LogP contribution in [0.25, 0.3) is 0 Å². The summed E-state index contributed by atoms with van der Waals surface area (Å²) < 4.78 is 30.2. The molecule has 398 valence electrons. The second-order valence-electron chi connectivity index (χ2n) is 21.2. The fourth-order valence-electron chi connectivity index (χ4n) is 8.70. The molecule has 0 saturated carbocycles. The minimum Gasteiger partial charge on any atom is -0.756 e. The molecule has 0 spiro atoms. The highest BCUT2D eigenvalue weighted by molar-refractivity contribution is 7.45. The first kappa shape index (κ1) is 65.8. The van der Waals surface area contributed by atoms with Crippen LogP contribution in [0.2, 0.25) is 0 Å². The molecule has 0 aromatic carbocycles. The summed E-state index contributed by atoms with van der Waals surface area (Å²) in [5.74, 6) is -0.523. The van der Waals surface area contributed by atoms with Crippen LogP contribution in [0.1, 0.15) is 290 Å². The van der Waals surface area contributed by atoms with E-state index in [1.807, 2.05) is 33.3 Å². The van der Waals surface area contributed by atoms with E-state index in [4.69, 9.17) is 13.8 Å². The highest BCUT2D eigenvalue weighted by atomic mass is 31.2. The summed E-state index contributed by atoms with van der Waals surface area (Å²) >= 11 is 0. The normalized spacial score (nSPS) is 13.8. The number of unbranched alkanes of at least 4 members (excludes halogenated alkanes) is 37. The number of hydrogen-bond acceptors (Lipinski definition) is 7. The Morgan fingerprint density at radius 1 is 0.507 bits per heavy atom. The van der Waals surface area contributed by atoms with Gasteiger partial charge in [0.25, 0.3) is 7.82 Å². The van der Waals surface area contributed by atoms with Crippen molar-refractivity contribution in [2.75, 3.05) is 40.9 Å². The van der Waals surface area contributed by atoms with E-state index in [-0.39, 0.29) is 31.5 Å². The lowest BCUT2D eigenvalue weighted by molar-refractivity contribution is -0.870. The van der Waals surface area contributed by atoms with Crippen LogP contribution in [0.5, 0.6) is 0 Å². The number of allylic oxidation sites excluding steroid dienone is 1. The molecule has 3 atom stereocenters. The lowest BCUT2D eigenvalue weighted by atomic mass is 10.0. The number of ether oxygens (including phenoxy) is 1. The summed E-state index contributed by atoms with van der Waals surface area (Å²) in [7, 11) is 1.20. The number of nitrogens with zero attached hydrogens (tertiary/aromatic N) is 1. The summed E-state index contributed by atoms with van der Waals surface area (Å²) in [6, 6.07) is -0.877. The Bertz CT molecular complexity index is 1160. The first-order valence-corrected chi connectivity index (χ1v) is 30.5. The van der Waals surface area contributed by atoms with Gasteiger partial charge in [-0.3, -0.25) is 14.2 Å². The maximum absolute atomic E-state index is 13.5. The second-order valence-corrected chi connectivity index (χ2v) is 22.6. The van der Waals surface area contributed by atoms with Crippen molar-refractivity contribution in [1.29, 1.82) is 0 Å². The molecule has 3 unspecified atom stereocenters. The number of hydrogen-bond donors (Lipinski definition) is 1. The molecule has 9 nitrogen and oxygen atoms in total. The molecule has 0 heterocycles. The number of rotatable bonds is 53. The molecule has 1 amide bonds. The third-order valence-corrected chi connectivity index (χ3v) is 14.2. The van der Waals surface area contributed by atoms with Gasteiger partial charge in [0.05, 0.1) is 33.8 Å². The van der Waals surface area contributed by atoms with Gasteiger partial charge in [-0.05, 0) is 31.8 Å². The van der Waals surface area contributed by atoms with Crippen LogP contribution in [-0.2, 0) is 27.9 Å². The predicted molar refractivity (Wildman–Crippen MR) is 284 cm³/mol. The molecule has 0 rings (SSSR count). The first-order valence-electron chi connectivity index (χ1n) is 29.0. The SMILES string of the molecule is CCCCCCCCCCCCC/C=C/C(OC(=O)CCCCCCCCCCCCCCCCC)C(COP(=O)([O-])OCC[N+](C)(C)C)NC(=O)CCCCCCCCCCCCCCC. The van der Waals surface area contributed by atoms with E-state index in [1.165, 1.54) is 199 Å². The number of phosphoric acid groups is 1. The van der Waals surface area contributed by atoms with Gasteiger partial charge in [0, 0.05) is 12.8 Å². The van der Waals surface area contributed by atoms with E-state index >= 15 is 0 Å². The lowest BCUT2D eigenvalue weighted by Gasteiger charge is -2.30. The summed E-state index contributed by atoms with van der Waals surface area (Å²) in [6.45, 7) is 6.88. The molecule has 0 aliphatic carbocycles. The van der Waals surface area contributed by atoms with Gasteiger partial charge >= 0.3 is 5.97 Å². The van der Waals surface area contributed by atoms with Crippen LogP contribution >= 0.6 is 7.82 Å². The monoisotopic (exact) mass is 969 g/mol. The van der Waals surface area contributed by atoms with Crippen molar-refractivity contribution in [3.63, 3.8) is 0 Å². The Hall–Kier alpha value is -1.25. The van der Waals surface area contributed by atoms with Crippen molar-refractivity contribution in [3.8, 4) is 0 Å². The van der Waals surface area contributed by atoms with Crippen molar-refractivity contribution in [2.24, 2.45) is 0 Å². The Kier molecular flexibility index (Phi) is 47.5. The molecular formula is C57H113N2O7P. The quantitative estimate of drug-likeness (QED) is 0.0212. The molecular weight excluding hydrogens is 856 g/mol. The van der Waals surface area contributed by atoms with Crippen molar-refractivity contribution in [2.45, 2.75) is 303 Å². The maximum atomic E-state index is 13.5. The molecule has 0 aromatic heterocycles. The van der Waals surface area contributed by atoms with Crippen molar-refractivity contribution >= 4 is 19.7 Å². The number of carbonyl (C=O) groups excluding carboxylic acids is 2. The van der Waals surface area contributed by atoms with Crippen molar-refractivity contribution < 1.29 is 37.3 Å². The lowest BCUT2D eigenvalue weighted by Crippen LogP contribution is -2.47. The van der Waals surface area contributed by atoms with Gasteiger partial charge in [0.2, 0.25) is 5.91 Å². The van der Waals surface area contributed by atoms with E-state index in [0.717, 1.165) is 57.8 Å². The smallest absolute Gasteiger partial charge is 0.306 e. The zero-order valence-corrected chi connectivity index (χ0v) is 46.3. The Labute approximate surface area is 416 Å². The highest BCUT2D eigenvalue weighted by Gasteiger charge is 2.27. The van der Waals surface area contributed by atoms with E-state index in [1.54, 1.807) is 0 Å². The fraction of sp³-hybridized carbons (Fsp3) is 0.930. The van der Waals surface area contributed by atoms with Crippen LogP contribution in [0.15, 0.2) is 12.2 Å². The van der Waals surface area contributed by atoms with E-state index in [0.29, 0.717) is 17.4 Å². The van der Waals surface area contributed by atoms with Gasteiger partial charge in [-0.15, -0.1) is 0 Å². The van der Waals surface area contributed by atoms with Crippen LogP contribution in [0, 0.1) is 0 Å². The Balaban J connectivity index is 5.33. The molecule has 67 heavy (non-hydrogen) atoms. The van der Waals surface area contributed by atoms with Gasteiger partial charge in [0.15, 0.2) is 0 Å². The molecule has 0 fully saturated rings. The van der Waals surface area contributed by atoms with Crippen LogP contribution < -0.4 is 10.2 Å². The van der Waals surface area contributed by atoms with Gasteiger partial charge in [-0.2, -0.15) is 0 Å². The topological polar surface area (TPSA) is 114 Å². The molecule has 0 radical (unpaired) electrons. The minimum absolute atomic E-state index is 0.0170. The first-order chi connectivity index (χ1) is 32.4. The predicted octanol–water partition coefficient (Wildman–Crippen LogP) is 16.6. The summed E-state index contributed by atoms with van der Waals surface area (Å²) in [4.78, 5) is 39.8. The third-order valence-electron chi connectivity index (χ3n) is 13.2. The minimum atomic E-state index is -4.68. The van der Waals surface area contributed by atoms with E-state index in [2.05, 4.69) is 26.1 Å². The van der Waals surface area contributed by atoms with Gasteiger partial charge in [-0.25, -0.2) is 0 Å². The average molecular weight is 970 g/mol. The molecule has 0 aromatic rings. The average Bonchev–Trinajstić information content (AvgIpc) is 3.28.